The maximum absolute atomic E-state index is 11.9. The number of amides is 1. The molecule has 1 aliphatic rings. The molecule has 0 saturated heterocycles. The van der Waals surface area contributed by atoms with Crippen LogP contribution in [-0.4, -0.2) is 22.8 Å². The lowest BCUT2D eigenvalue weighted by molar-refractivity contribution is -0.137. The Kier molecular flexibility index (Phi) is 3.94. The van der Waals surface area contributed by atoms with Gasteiger partial charge in [0.15, 0.2) is 5.78 Å². The fourth-order valence-electron chi connectivity index (χ4n) is 2.11. The summed E-state index contributed by atoms with van der Waals surface area (Å²) in [7, 11) is 0. The van der Waals surface area contributed by atoms with Gasteiger partial charge in [-0.05, 0) is 36.6 Å². The summed E-state index contributed by atoms with van der Waals surface area (Å²) in [5.74, 6) is -0.900. The van der Waals surface area contributed by atoms with E-state index in [1.165, 1.54) is 0 Å². The van der Waals surface area contributed by atoms with E-state index in [0.717, 1.165) is 11.3 Å². The van der Waals surface area contributed by atoms with Crippen LogP contribution in [-0.2, 0) is 16.0 Å². The van der Waals surface area contributed by atoms with Gasteiger partial charge in [0.2, 0.25) is 5.91 Å². The second kappa shape index (κ2) is 5.65. The Bertz CT molecular complexity index is 536. The Balaban J connectivity index is 1.91. The van der Waals surface area contributed by atoms with Crippen molar-refractivity contribution in [1.29, 1.82) is 0 Å². The quantitative estimate of drug-likeness (QED) is 0.606. The van der Waals surface area contributed by atoms with E-state index in [0.29, 0.717) is 31.2 Å². The number of nitrogens with one attached hydrogen (secondary N) is 1. The van der Waals surface area contributed by atoms with Crippen molar-refractivity contribution in [2.45, 2.75) is 32.1 Å². The lowest BCUT2D eigenvalue weighted by Gasteiger charge is -2.03. The van der Waals surface area contributed by atoms with Gasteiger partial charge in [0.1, 0.15) is 0 Å². The van der Waals surface area contributed by atoms with Crippen molar-refractivity contribution < 1.29 is 19.5 Å². The van der Waals surface area contributed by atoms with Crippen molar-refractivity contribution in [2.24, 2.45) is 0 Å². The minimum absolute atomic E-state index is 0.00691. The van der Waals surface area contributed by atoms with E-state index in [4.69, 9.17) is 5.11 Å². The maximum Gasteiger partial charge on any atom is 0.303 e. The van der Waals surface area contributed by atoms with Crippen LogP contribution in [0.3, 0.4) is 0 Å². The highest BCUT2D eigenvalue weighted by Gasteiger charge is 2.18. The number of carboxylic acids is 1. The first-order valence-electron chi connectivity index (χ1n) is 6.24. The Labute approximate surface area is 110 Å². The molecule has 1 aromatic rings. The zero-order valence-electron chi connectivity index (χ0n) is 10.4. The van der Waals surface area contributed by atoms with Gasteiger partial charge in [-0.15, -0.1) is 0 Å². The van der Waals surface area contributed by atoms with E-state index >= 15 is 0 Å². The van der Waals surface area contributed by atoms with Gasteiger partial charge in [-0.2, -0.15) is 0 Å². The van der Waals surface area contributed by atoms with Crippen LogP contribution in [0.5, 0.6) is 0 Å². The number of unbranched alkanes of at least 4 members (excludes halogenated alkanes) is 1. The molecule has 1 aromatic carbocycles. The molecule has 5 heteroatoms. The number of anilines is 1. The molecule has 1 amide bonds. The molecule has 0 aliphatic carbocycles. The molecule has 2 N–H and O–H groups in total. The summed E-state index contributed by atoms with van der Waals surface area (Å²) >= 11 is 0. The van der Waals surface area contributed by atoms with Gasteiger partial charge in [0, 0.05) is 24.1 Å². The first kappa shape index (κ1) is 13.3. The minimum Gasteiger partial charge on any atom is -0.481 e. The largest absolute Gasteiger partial charge is 0.481 e. The third-order valence-electron chi connectivity index (χ3n) is 3.10. The molecule has 100 valence electrons. The van der Waals surface area contributed by atoms with Gasteiger partial charge >= 0.3 is 5.97 Å². The molecule has 1 aliphatic heterocycles. The molecule has 5 nitrogen and oxygen atoms in total. The summed E-state index contributed by atoms with van der Waals surface area (Å²) in [4.78, 5) is 33.5. The number of Topliss-reactive ketones (excluding diaryl/α,β-unsaturated/α-hetero) is 1. The number of fused-ring (bicyclic) bond motifs is 1. The minimum atomic E-state index is -0.838. The smallest absolute Gasteiger partial charge is 0.303 e. The standard InChI is InChI=1S/C14H15NO4/c16-12(3-1-2-4-14(18)19)9-5-6-11-10(7-9)8-13(17)15-11/h5-7H,1-4,8H2,(H,15,17)(H,18,19). The van der Waals surface area contributed by atoms with Crippen molar-refractivity contribution >= 4 is 23.3 Å². The summed E-state index contributed by atoms with van der Waals surface area (Å²) in [6, 6.07) is 5.18. The second-order valence-corrected chi connectivity index (χ2v) is 4.62. The summed E-state index contributed by atoms with van der Waals surface area (Å²) in [6.07, 6.45) is 1.82. The molecule has 0 bridgehead atoms. The number of carbonyl (C=O) groups excluding carboxylic acids is 2. The predicted octanol–water partition coefficient (Wildman–Crippen LogP) is 2.01. The lowest BCUT2D eigenvalue weighted by Crippen LogP contribution is -2.03. The normalized spacial score (nSPS) is 12.9. The molecule has 0 unspecified atom stereocenters. The number of hydrogen-bond acceptors (Lipinski definition) is 3. The molecule has 0 aromatic heterocycles. The Morgan fingerprint density at radius 2 is 1.95 bits per heavy atom. The van der Waals surface area contributed by atoms with E-state index < -0.39 is 5.97 Å². The van der Waals surface area contributed by atoms with Gasteiger partial charge < -0.3 is 10.4 Å². The molecule has 1 heterocycles. The van der Waals surface area contributed by atoms with E-state index in [1.807, 2.05) is 0 Å². The van der Waals surface area contributed by atoms with Gasteiger partial charge in [-0.1, -0.05) is 0 Å². The van der Waals surface area contributed by atoms with Crippen molar-refractivity contribution in [3.63, 3.8) is 0 Å². The van der Waals surface area contributed by atoms with E-state index in [1.54, 1.807) is 18.2 Å². The van der Waals surface area contributed by atoms with Gasteiger partial charge in [0.05, 0.1) is 6.42 Å². The van der Waals surface area contributed by atoms with Crippen molar-refractivity contribution in [3.8, 4) is 0 Å². The topological polar surface area (TPSA) is 83.5 Å². The van der Waals surface area contributed by atoms with Crippen LogP contribution in [0.1, 0.15) is 41.6 Å². The van der Waals surface area contributed by atoms with Crippen LogP contribution in [0.4, 0.5) is 5.69 Å². The number of ketones is 1. The predicted molar refractivity (Wildman–Crippen MR) is 69.2 cm³/mol. The Morgan fingerprint density at radius 3 is 2.68 bits per heavy atom. The average molecular weight is 261 g/mol. The molecule has 19 heavy (non-hydrogen) atoms. The second-order valence-electron chi connectivity index (χ2n) is 4.62. The Hall–Kier alpha value is -2.17. The summed E-state index contributed by atoms with van der Waals surface area (Å²) in [5.41, 5.74) is 2.21. The zero-order chi connectivity index (χ0) is 13.8. The van der Waals surface area contributed by atoms with E-state index in [-0.39, 0.29) is 18.1 Å². The average Bonchev–Trinajstić information content (AvgIpc) is 2.73. The number of hydrogen-bond donors (Lipinski definition) is 2. The number of benzene rings is 1. The highest BCUT2D eigenvalue weighted by atomic mass is 16.4. The fraction of sp³-hybridized carbons (Fsp3) is 0.357. The highest BCUT2D eigenvalue weighted by molar-refractivity contribution is 6.02. The van der Waals surface area contributed by atoms with Crippen LogP contribution in [0, 0.1) is 0 Å². The van der Waals surface area contributed by atoms with Crippen LogP contribution in [0.2, 0.25) is 0 Å². The molecule has 0 fully saturated rings. The third-order valence-corrected chi connectivity index (χ3v) is 3.10. The zero-order valence-corrected chi connectivity index (χ0v) is 10.4. The molecular weight excluding hydrogens is 246 g/mol. The molecular formula is C14H15NO4. The number of carboxylic acid groups (broad SMARTS) is 1. The van der Waals surface area contributed by atoms with Gasteiger partial charge in [-0.25, -0.2) is 0 Å². The monoisotopic (exact) mass is 261 g/mol. The summed E-state index contributed by atoms with van der Waals surface area (Å²) in [6.45, 7) is 0. The third kappa shape index (κ3) is 3.40. The lowest BCUT2D eigenvalue weighted by atomic mass is 10.0. The first-order valence-corrected chi connectivity index (χ1v) is 6.24. The fourth-order valence-corrected chi connectivity index (χ4v) is 2.11. The Morgan fingerprint density at radius 1 is 1.21 bits per heavy atom. The summed E-state index contributed by atoms with van der Waals surface area (Å²) < 4.78 is 0. The maximum atomic E-state index is 11.9. The van der Waals surface area contributed by atoms with Gasteiger partial charge in [0.25, 0.3) is 0 Å². The first-order chi connectivity index (χ1) is 9.06. The van der Waals surface area contributed by atoms with Crippen molar-refractivity contribution in [3.05, 3.63) is 29.3 Å². The number of aliphatic carboxylic acids is 1. The molecule has 2 rings (SSSR count). The van der Waals surface area contributed by atoms with Crippen molar-refractivity contribution in [2.75, 3.05) is 5.32 Å². The molecule has 0 atom stereocenters. The number of rotatable bonds is 6. The van der Waals surface area contributed by atoms with Crippen molar-refractivity contribution in [1.82, 2.24) is 0 Å². The molecule has 0 radical (unpaired) electrons. The molecule has 0 spiro atoms. The van der Waals surface area contributed by atoms with Crippen LogP contribution in [0.15, 0.2) is 18.2 Å². The van der Waals surface area contributed by atoms with Gasteiger partial charge in [-0.3, -0.25) is 14.4 Å². The number of carbonyl (C=O) groups is 3. The highest BCUT2D eigenvalue weighted by Crippen LogP contribution is 2.24. The SMILES string of the molecule is O=C(O)CCCCC(=O)c1ccc2c(c1)CC(=O)N2. The van der Waals surface area contributed by atoms with E-state index in [9.17, 15) is 14.4 Å². The summed E-state index contributed by atoms with van der Waals surface area (Å²) in [5, 5.41) is 11.2. The van der Waals surface area contributed by atoms with Crippen LogP contribution in [0.25, 0.3) is 0 Å². The van der Waals surface area contributed by atoms with E-state index in [2.05, 4.69) is 5.32 Å². The molecule has 0 saturated carbocycles. The van der Waals surface area contributed by atoms with Crippen LogP contribution < -0.4 is 5.32 Å². The van der Waals surface area contributed by atoms with Crippen LogP contribution >= 0.6 is 0 Å².